The quantitative estimate of drug-likeness (QED) is 0.178. The molecule has 12 heteroatoms. The first-order valence-corrected chi connectivity index (χ1v) is 16.8. The number of amides is 1. The summed E-state index contributed by atoms with van der Waals surface area (Å²) >= 11 is 6.71. The first-order chi connectivity index (χ1) is 23.0. The molecule has 4 aliphatic heterocycles. The zero-order valence-electron chi connectivity index (χ0n) is 26.4. The van der Waals surface area contributed by atoms with Crippen molar-refractivity contribution < 1.29 is 18.7 Å². The van der Waals surface area contributed by atoms with E-state index in [9.17, 15) is 9.18 Å². The molecular weight excluding hydrogens is 621 g/mol. The van der Waals surface area contributed by atoms with Crippen LogP contribution in [0.15, 0.2) is 48.6 Å². The van der Waals surface area contributed by atoms with Crippen molar-refractivity contribution in [3.05, 3.63) is 76.2 Å². The molecule has 0 aliphatic carbocycles. The van der Waals surface area contributed by atoms with Crippen molar-refractivity contribution in [1.29, 1.82) is 0 Å². The van der Waals surface area contributed by atoms with E-state index in [1.807, 2.05) is 12.1 Å². The fourth-order valence-electron chi connectivity index (χ4n) is 7.48. The van der Waals surface area contributed by atoms with Gasteiger partial charge in [-0.3, -0.25) is 9.69 Å². The third-order valence-corrected chi connectivity index (χ3v) is 10.1. The molecule has 246 valence electrons. The maximum Gasteiger partial charge on any atom is 0.318 e. The fraction of sp³-hybridized carbons (Fsp3) is 0.486. The van der Waals surface area contributed by atoms with Crippen molar-refractivity contribution in [2.45, 2.75) is 44.0 Å². The molecule has 0 N–H and O–H groups in total. The predicted octanol–water partition coefficient (Wildman–Crippen LogP) is 4.55. The van der Waals surface area contributed by atoms with E-state index >= 15 is 0 Å². The molecule has 1 aromatic heterocycles. The van der Waals surface area contributed by atoms with Crippen LogP contribution in [0.3, 0.4) is 0 Å². The summed E-state index contributed by atoms with van der Waals surface area (Å²) in [5, 5.41) is 2.83. The van der Waals surface area contributed by atoms with Crippen LogP contribution < -0.4 is 14.5 Å². The van der Waals surface area contributed by atoms with Gasteiger partial charge in [0.05, 0.1) is 36.6 Å². The molecule has 2 bridgehead atoms. The van der Waals surface area contributed by atoms with Crippen molar-refractivity contribution >= 4 is 39.8 Å². The molecule has 47 heavy (non-hydrogen) atoms. The number of alkyl halides is 1. The first kappa shape index (κ1) is 31.6. The Morgan fingerprint density at radius 1 is 1.15 bits per heavy atom. The summed E-state index contributed by atoms with van der Waals surface area (Å²) in [7, 11) is 0. The molecule has 3 aromatic rings. The number of aromatic nitrogens is 2. The molecule has 3 atom stereocenters. The lowest BCUT2D eigenvalue weighted by molar-refractivity contribution is -0.128. The number of fused-ring (bicyclic) bond motifs is 4. The van der Waals surface area contributed by atoms with E-state index < -0.39 is 6.67 Å². The van der Waals surface area contributed by atoms with Crippen LogP contribution in [-0.2, 0) is 22.5 Å². The molecule has 1 amide bonds. The molecule has 0 spiro atoms. The van der Waals surface area contributed by atoms with Crippen LogP contribution in [0.4, 0.5) is 15.9 Å². The number of ether oxygens (including phenoxy) is 2. The Bertz CT molecular complexity index is 1690. The average Bonchev–Trinajstić information content (AvgIpc) is 3.72. The van der Waals surface area contributed by atoms with Gasteiger partial charge < -0.3 is 29.0 Å². The van der Waals surface area contributed by atoms with E-state index in [4.69, 9.17) is 37.6 Å². The Morgan fingerprint density at radius 3 is 2.81 bits per heavy atom. The summed E-state index contributed by atoms with van der Waals surface area (Å²) in [5.41, 5.74) is 3.03. The standard InChI is InChI=1S/C35H39ClFN7O3/c1-38-19-26-20-43(15-16-44(26)32(45)10-4-12-37)34-28-11-14-42(31-9-3-7-24-6-2-8-29(36)33(24)31)22-30(28)39-35(40-34)46-17-5-13-41-21-27-18-25(41)23-47-27/h2-4,6-10,25-27H,5,11-23H2/b10-4+/t25-,26-,27-/m0/s1. The number of halogens is 2. The zero-order chi connectivity index (χ0) is 32.3. The Morgan fingerprint density at radius 2 is 2.02 bits per heavy atom. The SMILES string of the molecule is [C-]#[N+]C[C@H]1CN(c2nc(OCCCN3C[C@@H]4C[C@H]3CO4)nc3c2CCN(c2cccc4cccc(Cl)c24)C3)CCN1C(=O)/C=C/CF. The third kappa shape index (κ3) is 6.59. The maximum absolute atomic E-state index is 12.8. The van der Waals surface area contributed by atoms with Crippen LogP contribution in [0.5, 0.6) is 6.01 Å². The number of allylic oxidation sites excluding steroid dienone is 1. The number of benzene rings is 2. The number of piperazine rings is 1. The number of hydrogen-bond donors (Lipinski definition) is 0. The summed E-state index contributed by atoms with van der Waals surface area (Å²) in [4.78, 5) is 35.0. The number of rotatable bonds is 10. The number of carbonyl (C=O) groups is 1. The topological polar surface area (TPSA) is 78.6 Å². The minimum atomic E-state index is -0.704. The Hall–Kier alpha value is -3.98. The molecule has 3 saturated heterocycles. The van der Waals surface area contributed by atoms with Crippen molar-refractivity contribution in [3.63, 3.8) is 0 Å². The summed E-state index contributed by atoms with van der Waals surface area (Å²) in [6.45, 7) is 13.0. The molecule has 4 aliphatic rings. The largest absolute Gasteiger partial charge is 0.463 e. The van der Waals surface area contributed by atoms with Crippen molar-refractivity contribution in [2.24, 2.45) is 0 Å². The predicted molar refractivity (Wildman–Crippen MR) is 180 cm³/mol. The van der Waals surface area contributed by atoms with Crippen molar-refractivity contribution in [3.8, 4) is 6.01 Å². The maximum atomic E-state index is 12.8. The number of likely N-dealkylation sites (tertiary alicyclic amines) is 1. The normalized spacial score (nSPS) is 22.7. The highest BCUT2D eigenvalue weighted by Crippen LogP contribution is 2.37. The molecule has 0 radical (unpaired) electrons. The Balaban J connectivity index is 1.15. The molecule has 5 heterocycles. The van der Waals surface area contributed by atoms with Crippen LogP contribution in [0.1, 0.15) is 24.1 Å². The number of nitrogens with zero attached hydrogens (tertiary/aromatic N) is 7. The zero-order valence-corrected chi connectivity index (χ0v) is 27.1. The van der Waals surface area contributed by atoms with Crippen LogP contribution in [0, 0.1) is 6.57 Å². The molecule has 3 fully saturated rings. The number of carbonyl (C=O) groups excluding carboxylic acids is 1. The third-order valence-electron chi connectivity index (χ3n) is 9.75. The van der Waals surface area contributed by atoms with Gasteiger partial charge in [0.1, 0.15) is 18.5 Å². The van der Waals surface area contributed by atoms with Gasteiger partial charge in [0.25, 0.3) is 0 Å². The van der Waals surface area contributed by atoms with Gasteiger partial charge in [0.15, 0.2) is 0 Å². The van der Waals surface area contributed by atoms with Crippen LogP contribution in [0.2, 0.25) is 5.02 Å². The van der Waals surface area contributed by atoms with Crippen molar-refractivity contribution in [2.75, 3.05) is 75.5 Å². The van der Waals surface area contributed by atoms with Gasteiger partial charge in [-0.2, -0.15) is 9.97 Å². The van der Waals surface area contributed by atoms with Crippen LogP contribution >= 0.6 is 11.6 Å². The van der Waals surface area contributed by atoms with E-state index in [0.29, 0.717) is 56.0 Å². The van der Waals surface area contributed by atoms with Crippen LogP contribution in [-0.4, -0.2) is 110 Å². The second kappa shape index (κ2) is 14.0. The summed E-state index contributed by atoms with van der Waals surface area (Å²) in [6, 6.07) is 12.7. The Labute approximate surface area is 279 Å². The van der Waals surface area contributed by atoms with E-state index in [2.05, 4.69) is 43.8 Å². The van der Waals surface area contributed by atoms with Gasteiger partial charge in [-0.25, -0.2) is 11.0 Å². The van der Waals surface area contributed by atoms with Gasteiger partial charge in [-0.1, -0.05) is 35.9 Å². The molecule has 10 nitrogen and oxygen atoms in total. The highest BCUT2D eigenvalue weighted by Gasteiger charge is 2.38. The number of hydrogen-bond acceptors (Lipinski definition) is 8. The lowest BCUT2D eigenvalue weighted by Gasteiger charge is -2.41. The van der Waals surface area contributed by atoms with Gasteiger partial charge in [-0.15, -0.1) is 0 Å². The fourth-order valence-corrected chi connectivity index (χ4v) is 7.76. The Kier molecular flexibility index (Phi) is 9.43. The van der Waals surface area contributed by atoms with E-state index in [1.165, 1.54) is 12.2 Å². The molecule has 0 saturated carbocycles. The summed E-state index contributed by atoms with van der Waals surface area (Å²) in [5.74, 6) is 0.530. The number of morpholine rings is 1. The van der Waals surface area contributed by atoms with E-state index in [1.54, 1.807) is 4.90 Å². The van der Waals surface area contributed by atoms with Gasteiger partial charge >= 0.3 is 6.01 Å². The van der Waals surface area contributed by atoms with E-state index in [0.717, 1.165) is 79.0 Å². The summed E-state index contributed by atoms with van der Waals surface area (Å²) < 4.78 is 24.7. The monoisotopic (exact) mass is 659 g/mol. The van der Waals surface area contributed by atoms with Gasteiger partial charge in [0, 0.05) is 68.0 Å². The average molecular weight is 660 g/mol. The lowest BCUT2D eigenvalue weighted by atomic mass is 10.0. The molecule has 7 rings (SSSR count). The number of anilines is 2. The minimum Gasteiger partial charge on any atom is -0.463 e. The summed E-state index contributed by atoms with van der Waals surface area (Å²) in [6.07, 6.45) is 5.55. The minimum absolute atomic E-state index is 0.154. The first-order valence-electron chi connectivity index (χ1n) is 16.4. The molecule has 2 aromatic carbocycles. The van der Waals surface area contributed by atoms with Crippen molar-refractivity contribution in [1.82, 2.24) is 19.8 Å². The van der Waals surface area contributed by atoms with E-state index in [-0.39, 0.29) is 18.5 Å². The smallest absolute Gasteiger partial charge is 0.318 e. The van der Waals surface area contributed by atoms with Gasteiger partial charge in [0.2, 0.25) is 12.5 Å². The lowest BCUT2D eigenvalue weighted by Crippen LogP contribution is -2.56. The van der Waals surface area contributed by atoms with Gasteiger partial charge in [-0.05, 0) is 42.9 Å². The second-order valence-corrected chi connectivity index (χ2v) is 13.0. The highest BCUT2D eigenvalue weighted by atomic mass is 35.5. The highest BCUT2D eigenvalue weighted by molar-refractivity contribution is 6.36. The second-order valence-electron chi connectivity index (χ2n) is 12.6. The van der Waals surface area contributed by atoms with Crippen LogP contribution in [0.25, 0.3) is 15.6 Å². The molecular formula is C35H39ClFN7O3. The molecule has 0 unspecified atom stereocenters.